The third-order valence-corrected chi connectivity index (χ3v) is 6.35. The molecule has 0 fully saturated rings. The number of rotatable bonds is 21. The quantitative estimate of drug-likeness (QED) is 0.0548. The van der Waals surface area contributed by atoms with E-state index in [-0.39, 0.29) is 12.4 Å². The molecule has 3 N–H and O–H groups in total. The van der Waals surface area contributed by atoms with E-state index in [1.165, 1.54) is 89.9 Å². The van der Waals surface area contributed by atoms with Crippen molar-refractivity contribution in [3.63, 3.8) is 0 Å². The molecule has 0 heterocycles. The number of hydrogen-bond acceptors (Lipinski definition) is 4. The largest absolute Gasteiger partial charge is 0.484 e. The van der Waals surface area contributed by atoms with E-state index in [0.717, 1.165) is 12.8 Å². The number of amidine groups is 1. The molecular formula is C27H45Cl2N3O3. The molecule has 0 saturated carbocycles. The molecule has 0 aliphatic rings. The van der Waals surface area contributed by atoms with E-state index in [2.05, 4.69) is 17.4 Å². The van der Waals surface area contributed by atoms with Gasteiger partial charge in [0.05, 0.1) is 5.02 Å². The Balaban J connectivity index is 1.89. The van der Waals surface area contributed by atoms with Crippen LogP contribution in [0, 0.1) is 0 Å². The Morgan fingerprint density at radius 3 is 1.89 bits per heavy atom. The van der Waals surface area contributed by atoms with Crippen LogP contribution in [0.2, 0.25) is 10.0 Å². The van der Waals surface area contributed by atoms with Crippen LogP contribution in [0.3, 0.4) is 0 Å². The number of amides is 1. The van der Waals surface area contributed by atoms with Crippen LogP contribution in [0.5, 0.6) is 5.75 Å². The van der Waals surface area contributed by atoms with E-state index in [1.807, 2.05) is 0 Å². The molecule has 0 radical (unpaired) electrons. The summed E-state index contributed by atoms with van der Waals surface area (Å²) in [5.74, 6) is 0.441. The Hall–Kier alpha value is -1.66. The molecule has 0 aromatic heterocycles. The van der Waals surface area contributed by atoms with Gasteiger partial charge in [-0.3, -0.25) is 4.84 Å². The van der Waals surface area contributed by atoms with Crippen LogP contribution in [0.4, 0.5) is 4.79 Å². The predicted octanol–water partition coefficient (Wildman–Crippen LogP) is 8.63. The Morgan fingerprint density at radius 2 is 1.37 bits per heavy atom. The summed E-state index contributed by atoms with van der Waals surface area (Å²) in [6.45, 7) is 2.77. The lowest BCUT2D eigenvalue weighted by atomic mass is 10.0. The van der Waals surface area contributed by atoms with Gasteiger partial charge in [-0.25, -0.2) is 4.79 Å². The van der Waals surface area contributed by atoms with E-state index in [4.69, 9.17) is 38.5 Å². The highest BCUT2D eigenvalue weighted by molar-refractivity contribution is 6.35. The molecule has 35 heavy (non-hydrogen) atoms. The molecule has 6 nitrogen and oxygen atoms in total. The smallest absolute Gasteiger partial charge is 0.433 e. The summed E-state index contributed by atoms with van der Waals surface area (Å²) < 4.78 is 5.43. The van der Waals surface area contributed by atoms with E-state index >= 15 is 0 Å². The molecule has 0 bridgehead atoms. The maximum atomic E-state index is 11.7. The van der Waals surface area contributed by atoms with Gasteiger partial charge in [-0.1, -0.05) is 132 Å². The highest BCUT2D eigenvalue weighted by Gasteiger charge is 2.05. The molecule has 0 saturated heterocycles. The van der Waals surface area contributed by atoms with Gasteiger partial charge in [0, 0.05) is 11.6 Å². The van der Waals surface area contributed by atoms with Crippen molar-refractivity contribution >= 4 is 35.1 Å². The number of halogens is 2. The van der Waals surface area contributed by atoms with Gasteiger partial charge in [0.1, 0.15) is 12.4 Å². The Kier molecular flexibility index (Phi) is 19.4. The number of nitrogens with two attached hydrogens (primary N) is 1. The topological polar surface area (TPSA) is 85.9 Å². The van der Waals surface area contributed by atoms with Gasteiger partial charge < -0.3 is 15.8 Å². The fraction of sp³-hybridized carbons (Fsp3) is 0.704. The second-order valence-corrected chi connectivity index (χ2v) is 9.90. The van der Waals surface area contributed by atoms with E-state index < -0.39 is 6.09 Å². The number of nitrogens with zero attached hydrogens (tertiary/aromatic N) is 1. The molecule has 0 spiro atoms. The van der Waals surface area contributed by atoms with Crippen LogP contribution in [0.25, 0.3) is 0 Å². The minimum Gasteiger partial charge on any atom is -0.484 e. The van der Waals surface area contributed by atoms with Crippen molar-refractivity contribution in [1.82, 2.24) is 5.32 Å². The molecule has 200 valence electrons. The summed E-state index contributed by atoms with van der Waals surface area (Å²) in [4.78, 5) is 16.5. The number of oxime groups is 1. The van der Waals surface area contributed by atoms with Crippen LogP contribution in [0.15, 0.2) is 23.4 Å². The first kappa shape index (κ1) is 31.4. The highest BCUT2D eigenvalue weighted by atomic mass is 35.5. The van der Waals surface area contributed by atoms with Gasteiger partial charge in [0.2, 0.25) is 0 Å². The Bertz CT molecular complexity index is 717. The van der Waals surface area contributed by atoms with Gasteiger partial charge >= 0.3 is 6.09 Å². The van der Waals surface area contributed by atoms with Crippen LogP contribution in [0.1, 0.15) is 110 Å². The number of unbranched alkanes of at least 4 members (excludes halogenated alkanes) is 15. The van der Waals surface area contributed by atoms with Gasteiger partial charge in [0.15, 0.2) is 5.84 Å². The fourth-order valence-electron chi connectivity index (χ4n) is 3.77. The number of benzene rings is 1. The Labute approximate surface area is 222 Å². The maximum Gasteiger partial charge on any atom is 0.433 e. The maximum absolute atomic E-state index is 11.7. The second kappa shape index (κ2) is 21.6. The van der Waals surface area contributed by atoms with Crippen LogP contribution in [-0.4, -0.2) is 25.1 Å². The normalized spacial score (nSPS) is 11.5. The number of carbonyl (C=O) groups excluding carboxylic acids is 1. The molecule has 1 aromatic carbocycles. The van der Waals surface area contributed by atoms with Gasteiger partial charge in [-0.2, -0.15) is 0 Å². The summed E-state index contributed by atoms with van der Waals surface area (Å²) in [6, 6.07) is 4.84. The molecule has 0 aliphatic carbocycles. The zero-order chi connectivity index (χ0) is 25.6. The molecular weight excluding hydrogens is 485 g/mol. The molecule has 0 aliphatic heterocycles. The van der Waals surface area contributed by atoms with Gasteiger partial charge in [0.25, 0.3) is 0 Å². The number of carbonyl (C=O) groups is 1. The Morgan fingerprint density at radius 1 is 0.857 bits per heavy atom. The molecule has 0 atom stereocenters. The summed E-state index contributed by atoms with van der Waals surface area (Å²) in [7, 11) is 0. The van der Waals surface area contributed by atoms with Crippen molar-refractivity contribution in [3.05, 3.63) is 28.2 Å². The van der Waals surface area contributed by atoms with Crippen molar-refractivity contribution in [2.75, 3.05) is 13.2 Å². The number of hydrogen-bond donors (Lipinski definition) is 2. The van der Waals surface area contributed by atoms with Crippen LogP contribution in [-0.2, 0) is 4.84 Å². The number of ether oxygens (including phenoxy) is 1. The molecule has 0 unspecified atom stereocenters. The first-order chi connectivity index (χ1) is 17.0. The van der Waals surface area contributed by atoms with Crippen molar-refractivity contribution in [2.45, 2.75) is 110 Å². The van der Waals surface area contributed by atoms with Gasteiger partial charge in [-0.15, -0.1) is 0 Å². The first-order valence-corrected chi connectivity index (χ1v) is 14.1. The van der Waals surface area contributed by atoms with E-state index in [0.29, 0.717) is 22.3 Å². The summed E-state index contributed by atoms with van der Waals surface area (Å²) in [6.07, 6.45) is 20.5. The first-order valence-electron chi connectivity index (χ1n) is 13.4. The molecule has 8 heteroatoms. The average Bonchev–Trinajstić information content (AvgIpc) is 2.84. The third-order valence-electron chi connectivity index (χ3n) is 5.81. The van der Waals surface area contributed by atoms with Crippen molar-refractivity contribution in [1.29, 1.82) is 0 Å². The number of nitrogens with one attached hydrogen (secondary N) is 1. The average molecular weight is 531 g/mol. The zero-order valence-electron chi connectivity index (χ0n) is 21.5. The third kappa shape index (κ3) is 18.3. The lowest BCUT2D eigenvalue weighted by Crippen LogP contribution is -2.27. The highest BCUT2D eigenvalue weighted by Crippen LogP contribution is 2.27. The lowest BCUT2D eigenvalue weighted by Gasteiger charge is -2.07. The van der Waals surface area contributed by atoms with E-state index in [9.17, 15) is 4.79 Å². The zero-order valence-corrected chi connectivity index (χ0v) is 23.0. The monoisotopic (exact) mass is 529 g/mol. The summed E-state index contributed by atoms with van der Waals surface area (Å²) >= 11 is 11.9. The molecule has 1 rings (SSSR count). The van der Waals surface area contributed by atoms with Crippen molar-refractivity contribution < 1.29 is 14.4 Å². The fourth-order valence-corrected chi connectivity index (χ4v) is 4.23. The SMILES string of the molecule is CCCCCCCCCCCCCCCCCCNC(=O)ON=C(N)COc1ccc(Cl)cc1Cl. The van der Waals surface area contributed by atoms with Crippen LogP contribution < -0.4 is 15.8 Å². The second-order valence-electron chi connectivity index (χ2n) is 9.05. The molecule has 1 amide bonds. The van der Waals surface area contributed by atoms with Gasteiger partial charge in [-0.05, 0) is 24.6 Å². The predicted molar refractivity (Wildman–Crippen MR) is 148 cm³/mol. The van der Waals surface area contributed by atoms with Crippen LogP contribution >= 0.6 is 23.2 Å². The van der Waals surface area contributed by atoms with E-state index in [1.54, 1.807) is 18.2 Å². The lowest BCUT2D eigenvalue weighted by molar-refractivity contribution is 0.149. The minimum absolute atomic E-state index is 0.0218. The summed E-state index contributed by atoms with van der Waals surface area (Å²) in [5.41, 5.74) is 5.70. The van der Waals surface area contributed by atoms with Crippen molar-refractivity contribution in [3.8, 4) is 5.75 Å². The standard InChI is InChI=1S/C27H45Cl2N3O3/c1-2-3-4-5-6-7-8-9-10-11-12-13-14-15-16-17-20-31-27(33)35-32-26(30)22-34-25-19-18-23(28)21-24(25)29/h18-19,21H,2-17,20,22H2,1H3,(H2,30,32)(H,31,33). The van der Waals surface area contributed by atoms with Crippen molar-refractivity contribution in [2.24, 2.45) is 10.9 Å². The minimum atomic E-state index is -0.626. The summed E-state index contributed by atoms with van der Waals surface area (Å²) in [5, 5.41) is 7.12. The molecule has 1 aromatic rings.